The quantitative estimate of drug-likeness (QED) is 0.755. The number of tetrazole rings is 1. The van der Waals surface area contributed by atoms with E-state index < -0.39 is 0 Å². The van der Waals surface area contributed by atoms with Crippen LogP contribution in [0.15, 0.2) is 24.3 Å². The normalized spacial score (nSPS) is 9.79. The van der Waals surface area contributed by atoms with Gasteiger partial charge in [-0.1, -0.05) is 17.2 Å². The fourth-order valence-electron chi connectivity index (χ4n) is 1.08. The molecule has 0 atom stereocenters. The standard InChI is InChI=1S/C8H9N5O/c1-14-7-5-3-2-4-6(7)9-8-10-12-13-11-8/h2-5H,1H3,(H2,9,10,11,12,13). The predicted molar refractivity (Wildman–Crippen MR) is 50.5 cm³/mol. The molecule has 6 heteroatoms. The van der Waals surface area contributed by atoms with Crippen molar-refractivity contribution in [3.8, 4) is 5.75 Å². The largest absolute Gasteiger partial charge is 0.495 e. The lowest BCUT2D eigenvalue weighted by molar-refractivity contribution is 0.417. The van der Waals surface area contributed by atoms with E-state index in [0.717, 1.165) is 11.4 Å². The molecule has 1 heterocycles. The Labute approximate surface area is 80.3 Å². The average Bonchev–Trinajstić information content (AvgIpc) is 2.71. The van der Waals surface area contributed by atoms with Gasteiger partial charge in [0.1, 0.15) is 5.75 Å². The number of anilines is 2. The average molecular weight is 191 g/mol. The van der Waals surface area contributed by atoms with Crippen molar-refractivity contribution in [2.75, 3.05) is 12.4 Å². The number of H-pyrrole nitrogens is 1. The van der Waals surface area contributed by atoms with E-state index in [1.165, 1.54) is 0 Å². The number of nitrogens with one attached hydrogen (secondary N) is 2. The van der Waals surface area contributed by atoms with Gasteiger partial charge in [0.05, 0.1) is 12.8 Å². The van der Waals surface area contributed by atoms with Gasteiger partial charge in [-0.25, -0.2) is 0 Å². The zero-order valence-corrected chi connectivity index (χ0v) is 7.56. The maximum Gasteiger partial charge on any atom is 0.267 e. The lowest BCUT2D eigenvalue weighted by Crippen LogP contribution is -1.95. The zero-order chi connectivity index (χ0) is 9.80. The van der Waals surface area contributed by atoms with Gasteiger partial charge in [-0.2, -0.15) is 5.21 Å². The fourth-order valence-corrected chi connectivity index (χ4v) is 1.08. The van der Waals surface area contributed by atoms with E-state index in [4.69, 9.17) is 4.74 Å². The summed E-state index contributed by atoms with van der Waals surface area (Å²) in [4.78, 5) is 0. The second-order valence-corrected chi connectivity index (χ2v) is 2.56. The molecule has 2 aromatic rings. The molecule has 14 heavy (non-hydrogen) atoms. The number of methoxy groups -OCH3 is 1. The third kappa shape index (κ3) is 1.63. The SMILES string of the molecule is COc1ccccc1Nc1nn[nH]n1. The Morgan fingerprint density at radius 3 is 2.93 bits per heavy atom. The van der Waals surface area contributed by atoms with Crippen molar-refractivity contribution in [1.82, 2.24) is 20.6 Å². The second-order valence-electron chi connectivity index (χ2n) is 2.56. The summed E-state index contributed by atoms with van der Waals surface area (Å²) in [6, 6.07) is 7.50. The van der Waals surface area contributed by atoms with E-state index >= 15 is 0 Å². The molecular formula is C8H9N5O. The first-order valence-corrected chi connectivity index (χ1v) is 4.03. The molecule has 0 amide bonds. The first kappa shape index (κ1) is 8.49. The molecule has 0 radical (unpaired) electrons. The van der Waals surface area contributed by atoms with Crippen LogP contribution in [-0.4, -0.2) is 27.7 Å². The molecule has 0 aliphatic carbocycles. The smallest absolute Gasteiger partial charge is 0.267 e. The third-order valence-electron chi connectivity index (χ3n) is 1.70. The minimum absolute atomic E-state index is 0.412. The number of rotatable bonds is 3. The summed E-state index contributed by atoms with van der Waals surface area (Å²) in [5.74, 6) is 1.15. The highest BCUT2D eigenvalue weighted by atomic mass is 16.5. The molecule has 0 aliphatic heterocycles. The Bertz CT molecular complexity index is 400. The van der Waals surface area contributed by atoms with E-state index in [-0.39, 0.29) is 0 Å². The van der Waals surface area contributed by atoms with Crippen LogP contribution in [-0.2, 0) is 0 Å². The van der Waals surface area contributed by atoms with E-state index in [1.54, 1.807) is 7.11 Å². The van der Waals surface area contributed by atoms with Gasteiger partial charge in [0, 0.05) is 0 Å². The summed E-state index contributed by atoms with van der Waals surface area (Å²) in [5, 5.41) is 16.3. The van der Waals surface area contributed by atoms with Crippen molar-refractivity contribution in [2.24, 2.45) is 0 Å². The Hall–Kier alpha value is -2.11. The molecule has 0 bridgehead atoms. The number of ether oxygens (including phenoxy) is 1. The Kier molecular flexibility index (Phi) is 2.26. The molecule has 0 saturated heterocycles. The molecule has 1 aromatic carbocycles. The van der Waals surface area contributed by atoms with Crippen LogP contribution in [0.4, 0.5) is 11.6 Å². The second kappa shape index (κ2) is 3.73. The van der Waals surface area contributed by atoms with Gasteiger partial charge in [-0.15, -0.1) is 5.10 Å². The predicted octanol–water partition coefficient (Wildman–Crippen LogP) is 0.952. The number of aromatic nitrogens is 4. The Morgan fingerprint density at radius 2 is 2.21 bits per heavy atom. The molecular weight excluding hydrogens is 182 g/mol. The zero-order valence-electron chi connectivity index (χ0n) is 7.56. The first-order chi connectivity index (χ1) is 6.90. The van der Waals surface area contributed by atoms with E-state index in [2.05, 4.69) is 25.9 Å². The molecule has 6 nitrogen and oxygen atoms in total. The maximum atomic E-state index is 5.15. The van der Waals surface area contributed by atoms with Crippen molar-refractivity contribution in [2.45, 2.75) is 0 Å². The maximum absolute atomic E-state index is 5.15. The van der Waals surface area contributed by atoms with Gasteiger partial charge in [0.15, 0.2) is 0 Å². The molecule has 72 valence electrons. The highest BCUT2D eigenvalue weighted by Crippen LogP contribution is 2.24. The van der Waals surface area contributed by atoms with Gasteiger partial charge in [0.2, 0.25) is 0 Å². The van der Waals surface area contributed by atoms with Crippen LogP contribution in [0.2, 0.25) is 0 Å². The molecule has 0 fully saturated rings. The van der Waals surface area contributed by atoms with Gasteiger partial charge in [0.25, 0.3) is 5.95 Å². The lowest BCUT2D eigenvalue weighted by Gasteiger charge is -2.06. The number of hydrogen-bond acceptors (Lipinski definition) is 5. The van der Waals surface area contributed by atoms with Crippen LogP contribution in [0.25, 0.3) is 0 Å². The van der Waals surface area contributed by atoms with Crippen molar-refractivity contribution in [3.63, 3.8) is 0 Å². The minimum Gasteiger partial charge on any atom is -0.495 e. The highest BCUT2D eigenvalue weighted by Gasteiger charge is 2.03. The fraction of sp³-hybridized carbons (Fsp3) is 0.125. The molecule has 0 saturated carbocycles. The summed E-state index contributed by atoms with van der Waals surface area (Å²) < 4.78 is 5.15. The number of nitrogens with zero attached hydrogens (tertiary/aromatic N) is 3. The number of benzene rings is 1. The van der Waals surface area contributed by atoms with E-state index in [1.807, 2.05) is 24.3 Å². The summed E-state index contributed by atoms with van der Waals surface area (Å²) >= 11 is 0. The Morgan fingerprint density at radius 1 is 1.36 bits per heavy atom. The molecule has 0 spiro atoms. The molecule has 2 rings (SSSR count). The minimum atomic E-state index is 0.412. The van der Waals surface area contributed by atoms with Crippen LogP contribution in [0, 0.1) is 0 Å². The van der Waals surface area contributed by atoms with E-state index in [9.17, 15) is 0 Å². The first-order valence-electron chi connectivity index (χ1n) is 4.03. The summed E-state index contributed by atoms with van der Waals surface area (Å²) in [6.45, 7) is 0. The van der Waals surface area contributed by atoms with Gasteiger partial charge in [-0.05, 0) is 17.3 Å². The third-order valence-corrected chi connectivity index (χ3v) is 1.70. The van der Waals surface area contributed by atoms with Crippen LogP contribution in [0.3, 0.4) is 0 Å². The summed E-state index contributed by atoms with van der Waals surface area (Å²) in [6.07, 6.45) is 0. The molecule has 0 unspecified atom stereocenters. The summed E-state index contributed by atoms with van der Waals surface area (Å²) in [7, 11) is 1.61. The van der Waals surface area contributed by atoms with Crippen LogP contribution in [0.1, 0.15) is 0 Å². The topological polar surface area (TPSA) is 75.7 Å². The van der Waals surface area contributed by atoms with Crippen LogP contribution in [0.5, 0.6) is 5.75 Å². The van der Waals surface area contributed by atoms with Crippen molar-refractivity contribution < 1.29 is 4.74 Å². The van der Waals surface area contributed by atoms with Crippen LogP contribution >= 0.6 is 0 Å². The van der Waals surface area contributed by atoms with Crippen molar-refractivity contribution in [1.29, 1.82) is 0 Å². The van der Waals surface area contributed by atoms with Gasteiger partial charge >= 0.3 is 0 Å². The van der Waals surface area contributed by atoms with Crippen LogP contribution < -0.4 is 10.1 Å². The number of para-hydroxylation sites is 2. The van der Waals surface area contributed by atoms with E-state index in [0.29, 0.717) is 5.95 Å². The van der Waals surface area contributed by atoms with Gasteiger partial charge in [-0.3, -0.25) is 0 Å². The lowest BCUT2D eigenvalue weighted by atomic mass is 10.3. The number of hydrogen-bond donors (Lipinski definition) is 2. The monoisotopic (exact) mass is 191 g/mol. The summed E-state index contributed by atoms with van der Waals surface area (Å²) in [5.41, 5.74) is 0.802. The van der Waals surface area contributed by atoms with Gasteiger partial charge < -0.3 is 10.1 Å². The molecule has 1 aromatic heterocycles. The number of aromatic amines is 1. The molecule has 2 N–H and O–H groups in total. The highest BCUT2D eigenvalue weighted by molar-refractivity contribution is 5.61. The molecule has 0 aliphatic rings. The van der Waals surface area contributed by atoms with Crippen molar-refractivity contribution in [3.05, 3.63) is 24.3 Å². The Balaban J connectivity index is 2.24. The van der Waals surface area contributed by atoms with Crippen molar-refractivity contribution >= 4 is 11.6 Å².